The van der Waals surface area contributed by atoms with E-state index in [-0.39, 0.29) is 5.92 Å². The Kier molecular flexibility index (Phi) is 5.73. The predicted molar refractivity (Wildman–Crippen MR) is 86.0 cm³/mol. The second-order valence-electron chi connectivity index (χ2n) is 6.80. The number of nitrogens with zero attached hydrogens (tertiary/aromatic N) is 2. The molecule has 1 aromatic heterocycles. The van der Waals surface area contributed by atoms with E-state index in [1.807, 2.05) is 25.4 Å². The number of hydrogen-bond donors (Lipinski definition) is 2. The van der Waals surface area contributed by atoms with E-state index in [4.69, 9.17) is 0 Å². The lowest BCUT2D eigenvalue weighted by molar-refractivity contribution is 0.00955. The lowest BCUT2D eigenvalue weighted by atomic mass is 9.92. The van der Waals surface area contributed by atoms with E-state index in [1.54, 1.807) is 0 Å². The molecule has 118 valence electrons. The fourth-order valence-electron chi connectivity index (χ4n) is 2.60. The number of nitrogens with one attached hydrogen (secondary N) is 1. The summed E-state index contributed by atoms with van der Waals surface area (Å²) in [5.74, 6) is 0.274. The van der Waals surface area contributed by atoms with Crippen molar-refractivity contribution < 1.29 is 5.11 Å². The maximum Gasteiger partial charge on any atom is 0.0766 e. The van der Waals surface area contributed by atoms with Gasteiger partial charge in [-0.15, -0.1) is 0 Å². The zero-order valence-electron chi connectivity index (χ0n) is 13.5. The van der Waals surface area contributed by atoms with Crippen LogP contribution in [0.1, 0.15) is 39.2 Å². The third kappa shape index (κ3) is 5.06. The maximum atomic E-state index is 10.3. The van der Waals surface area contributed by atoms with Crippen molar-refractivity contribution >= 4 is 0 Å². The highest BCUT2D eigenvalue weighted by Gasteiger charge is 2.27. The first-order valence-electron chi connectivity index (χ1n) is 8.04. The van der Waals surface area contributed by atoms with E-state index >= 15 is 0 Å². The van der Waals surface area contributed by atoms with Gasteiger partial charge in [0.1, 0.15) is 0 Å². The first-order chi connectivity index (χ1) is 9.97. The summed E-state index contributed by atoms with van der Waals surface area (Å²) in [6.07, 6.45) is 6.06. The Labute approximate surface area is 128 Å². The molecule has 1 saturated heterocycles. The molecule has 1 fully saturated rings. The average molecular weight is 291 g/mol. The van der Waals surface area contributed by atoms with Crippen LogP contribution >= 0.6 is 0 Å². The summed E-state index contributed by atoms with van der Waals surface area (Å²) in [4.78, 5) is 6.65. The van der Waals surface area contributed by atoms with E-state index in [0.717, 1.165) is 32.5 Å². The van der Waals surface area contributed by atoms with Crippen LogP contribution < -0.4 is 5.32 Å². The molecular weight excluding hydrogens is 262 g/mol. The van der Waals surface area contributed by atoms with Crippen LogP contribution in [0.15, 0.2) is 24.5 Å². The third-order valence-corrected chi connectivity index (χ3v) is 4.71. The Morgan fingerprint density at radius 3 is 2.71 bits per heavy atom. The largest absolute Gasteiger partial charge is 0.389 e. The molecule has 1 aliphatic rings. The van der Waals surface area contributed by atoms with Crippen molar-refractivity contribution in [3.63, 3.8) is 0 Å². The van der Waals surface area contributed by atoms with E-state index < -0.39 is 5.60 Å². The molecule has 1 unspecified atom stereocenters. The number of aliphatic hydroxyl groups is 1. The monoisotopic (exact) mass is 291 g/mol. The van der Waals surface area contributed by atoms with Gasteiger partial charge in [0.25, 0.3) is 0 Å². The number of piperidine rings is 1. The number of hydrogen-bond acceptors (Lipinski definition) is 4. The topological polar surface area (TPSA) is 48.4 Å². The molecule has 4 heteroatoms. The minimum atomic E-state index is -0.618. The summed E-state index contributed by atoms with van der Waals surface area (Å²) in [7, 11) is 0. The van der Waals surface area contributed by atoms with Crippen molar-refractivity contribution in [3.8, 4) is 0 Å². The molecule has 21 heavy (non-hydrogen) atoms. The molecule has 1 aliphatic heterocycles. The first-order valence-corrected chi connectivity index (χ1v) is 8.04. The summed E-state index contributed by atoms with van der Waals surface area (Å²) in [5.41, 5.74) is 0.666. The van der Waals surface area contributed by atoms with Gasteiger partial charge in [0.15, 0.2) is 0 Å². The van der Waals surface area contributed by atoms with Gasteiger partial charge in [0.2, 0.25) is 0 Å². The van der Waals surface area contributed by atoms with Gasteiger partial charge in [-0.2, -0.15) is 0 Å². The molecule has 0 saturated carbocycles. The quantitative estimate of drug-likeness (QED) is 0.842. The van der Waals surface area contributed by atoms with Crippen LogP contribution in [0.5, 0.6) is 0 Å². The normalized spacial score (nSPS) is 20.6. The Bertz CT molecular complexity index is 411. The van der Waals surface area contributed by atoms with E-state index in [2.05, 4.69) is 35.1 Å². The second-order valence-corrected chi connectivity index (χ2v) is 6.80. The van der Waals surface area contributed by atoms with E-state index in [1.165, 1.54) is 5.56 Å². The minimum Gasteiger partial charge on any atom is -0.389 e. The lowest BCUT2D eigenvalue weighted by Gasteiger charge is -2.35. The van der Waals surface area contributed by atoms with Crippen molar-refractivity contribution in [1.29, 1.82) is 0 Å². The van der Waals surface area contributed by atoms with Gasteiger partial charge in [-0.25, -0.2) is 0 Å². The standard InChI is InChI=1S/C17H29N3O/c1-14(2)17(3,21)13-19-16-6-9-20(10-7-16)12-15-5-4-8-18-11-15/h4-5,8,11,14,16,19,21H,6-7,9-10,12-13H2,1-3H3. The molecule has 0 bridgehead atoms. The Morgan fingerprint density at radius 2 is 2.14 bits per heavy atom. The molecule has 1 aromatic rings. The van der Waals surface area contributed by atoms with Crippen molar-refractivity contribution in [2.45, 2.75) is 51.8 Å². The highest BCUT2D eigenvalue weighted by atomic mass is 16.3. The molecule has 1 atom stereocenters. The molecule has 2 N–H and O–H groups in total. The summed E-state index contributed by atoms with van der Waals surface area (Å²) >= 11 is 0. The molecule has 4 nitrogen and oxygen atoms in total. The van der Waals surface area contributed by atoms with Crippen LogP contribution in [0.2, 0.25) is 0 Å². The summed E-state index contributed by atoms with van der Waals surface area (Å²) in [6, 6.07) is 4.66. The summed E-state index contributed by atoms with van der Waals surface area (Å²) < 4.78 is 0. The fraction of sp³-hybridized carbons (Fsp3) is 0.706. The zero-order valence-corrected chi connectivity index (χ0v) is 13.5. The molecule has 0 radical (unpaired) electrons. The van der Waals surface area contributed by atoms with Crippen LogP contribution in [0.4, 0.5) is 0 Å². The Morgan fingerprint density at radius 1 is 1.43 bits per heavy atom. The van der Waals surface area contributed by atoms with Gasteiger partial charge in [0.05, 0.1) is 5.60 Å². The molecule has 2 heterocycles. The highest BCUT2D eigenvalue weighted by Crippen LogP contribution is 2.17. The molecule has 0 aromatic carbocycles. The maximum absolute atomic E-state index is 10.3. The summed E-state index contributed by atoms with van der Waals surface area (Å²) in [6.45, 7) is 9.94. The number of pyridine rings is 1. The fourth-order valence-corrected chi connectivity index (χ4v) is 2.60. The van der Waals surface area contributed by atoms with Crippen molar-refractivity contribution in [1.82, 2.24) is 15.2 Å². The third-order valence-electron chi connectivity index (χ3n) is 4.71. The molecule has 0 aliphatic carbocycles. The zero-order chi connectivity index (χ0) is 15.3. The summed E-state index contributed by atoms with van der Waals surface area (Å²) in [5, 5.41) is 13.8. The number of aromatic nitrogens is 1. The van der Waals surface area contributed by atoms with Crippen LogP contribution in [0.25, 0.3) is 0 Å². The van der Waals surface area contributed by atoms with Crippen molar-refractivity contribution in [2.24, 2.45) is 5.92 Å². The van der Waals surface area contributed by atoms with Gasteiger partial charge in [0, 0.05) is 31.5 Å². The van der Waals surface area contributed by atoms with Crippen molar-refractivity contribution in [2.75, 3.05) is 19.6 Å². The lowest BCUT2D eigenvalue weighted by Crippen LogP contribution is -2.49. The highest BCUT2D eigenvalue weighted by molar-refractivity contribution is 5.08. The van der Waals surface area contributed by atoms with Crippen molar-refractivity contribution in [3.05, 3.63) is 30.1 Å². The SMILES string of the molecule is CC(C)C(C)(O)CNC1CCN(Cc2cccnc2)CC1. The van der Waals surface area contributed by atoms with E-state index in [0.29, 0.717) is 12.6 Å². The van der Waals surface area contributed by atoms with Gasteiger partial charge >= 0.3 is 0 Å². The Balaban J connectivity index is 1.71. The molecule has 2 rings (SSSR count). The molecule has 0 spiro atoms. The number of likely N-dealkylation sites (tertiary alicyclic amines) is 1. The van der Waals surface area contributed by atoms with Gasteiger partial charge in [-0.05, 0) is 50.4 Å². The van der Waals surface area contributed by atoms with Crippen LogP contribution in [0.3, 0.4) is 0 Å². The van der Waals surface area contributed by atoms with Gasteiger partial charge < -0.3 is 10.4 Å². The molecule has 0 amide bonds. The van der Waals surface area contributed by atoms with E-state index in [9.17, 15) is 5.11 Å². The first kappa shape index (κ1) is 16.4. The van der Waals surface area contributed by atoms with Crippen LogP contribution in [-0.2, 0) is 6.54 Å². The smallest absolute Gasteiger partial charge is 0.0766 e. The molecular formula is C17H29N3O. The van der Waals surface area contributed by atoms with Crippen LogP contribution in [0, 0.1) is 5.92 Å². The predicted octanol–water partition coefficient (Wildman–Crippen LogP) is 2.04. The second kappa shape index (κ2) is 7.34. The van der Waals surface area contributed by atoms with Gasteiger partial charge in [-0.1, -0.05) is 19.9 Å². The van der Waals surface area contributed by atoms with Crippen LogP contribution in [-0.4, -0.2) is 46.3 Å². The minimum absolute atomic E-state index is 0.274. The Hall–Kier alpha value is -0.970. The average Bonchev–Trinajstić information content (AvgIpc) is 2.47. The van der Waals surface area contributed by atoms with Gasteiger partial charge in [-0.3, -0.25) is 9.88 Å². The number of rotatable bonds is 6.